The van der Waals surface area contributed by atoms with E-state index < -0.39 is 18.5 Å². The third kappa shape index (κ3) is 5.49. The lowest BCUT2D eigenvalue weighted by molar-refractivity contribution is -0.148. The van der Waals surface area contributed by atoms with E-state index in [1.165, 1.54) is 0 Å². The number of Topliss-reactive ketones (excluding diaryl/α,β-unsaturated/α-hetero) is 1. The number of benzene rings is 3. The van der Waals surface area contributed by atoms with Crippen LogP contribution in [0.2, 0.25) is 0 Å². The molecule has 1 unspecified atom stereocenters. The molecule has 4 rings (SSSR count). The lowest BCUT2D eigenvalue weighted by Crippen LogP contribution is -2.31. The number of hydrogen-bond donors (Lipinski definition) is 1. The first-order valence-electron chi connectivity index (χ1n) is 10.9. The lowest BCUT2D eigenvalue weighted by atomic mass is 10.00. The van der Waals surface area contributed by atoms with Gasteiger partial charge in [0.1, 0.15) is 13.2 Å². The minimum atomic E-state index is -0.603. The monoisotopic (exact) mass is 447 g/mol. The maximum Gasteiger partial charge on any atom is 0.306 e. The molecule has 0 fully saturated rings. The van der Waals surface area contributed by atoms with Crippen molar-refractivity contribution in [2.45, 2.75) is 25.8 Å². The average molecular weight is 447 g/mol. The molecule has 0 spiro atoms. The van der Waals surface area contributed by atoms with Crippen LogP contribution in [0.3, 0.4) is 0 Å². The van der Waals surface area contributed by atoms with Gasteiger partial charge in [0.2, 0.25) is 0 Å². The van der Waals surface area contributed by atoms with E-state index in [-0.39, 0.29) is 24.7 Å². The van der Waals surface area contributed by atoms with Crippen LogP contribution in [-0.2, 0) is 14.3 Å². The molecule has 0 saturated carbocycles. The number of rotatable bonds is 8. The number of amides is 1. The van der Waals surface area contributed by atoms with E-state index in [0.29, 0.717) is 30.3 Å². The summed E-state index contributed by atoms with van der Waals surface area (Å²) in [6.07, 6.45) is -0.133. The van der Waals surface area contributed by atoms with Crippen molar-refractivity contribution in [1.82, 2.24) is 5.32 Å². The highest BCUT2D eigenvalue weighted by molar-refractivity contribution is 5.98. The van der Waals surface area contributed by atoms with Crippen LogP contribution in [0.1, 0.15) is 41.7 Å². The normalized spacial score (nSPS) is 13.2. The molecule has 0 aromatic heterocycles. The molecule has 1 aliphatic rings. The largest absolute Gasteiger partial charge is 0.486 e. The van der Waals surface area contributed by atoms with Crippen LogP contribution in [0.15, 0.2) is 60.7 Å². The van der Waals surface area contributed by atoms with Gasteiger partial charge < -0.3 is 19.5 Å². The van der Waals surface area contributed by atoms with Crippen molar-refractivity contribution in [2.24, 2.45) is 0 Å². The summed E-state index contributed by atoms with van der Waals surface area (Å²) in [4.78, 5) is 36.7. The zero-order chi connectivity index (χ0) is 23.2. The molecule has 0 radical (unpaired) electrons. The fourth-order valence-corrected chi connectivity index (χ4v) is 3.78. The molecule has 1 heterocycles. The van der Waals surface area contributed by atoms with Crippen molar-refractivity contribution in [1.29, 1.82) is 0 Å². The van der Waals surface area contributed by atoms with Gasteiger partial charge in [0.25, 0.3) is 5.91 Å². The highest BCUT2D eigenvalue weighted by Crippen LogP contribution is 2.31. The van der Waals surface area contributed by atoms with Gasteiger partial charge >= 0.3 is 5.97 Å². The Kier molecular flexibility index (Phi) is 6.88. The summed E-state index contributed by atoms with van der Waals surface area (Å²) in [6, 6.07) is 18.5. The summed E-state index contributed by atoms with van der Waals surface area (Å²) < 4.78 is 16.0. The molecule has 3 aromatic carbocycles. The Morgan fingerprint density at radius 3 is 2.55 bits per heavy atom. The molecule has 0 bridgehead atoms. The first-order chi connectivity index (χ1) is 16.0. The van der Waals surface area contributed by atoms with Gasteiger partial charge in [-0.2, -0.15) is 0 Å². The Balaban J connectivity index is 1.24. The molecule has 7 heteroatoms. The summed E-state index contributed by atoms with van der Waals surface area (Å²) in [5, 5.41) is 5.00. The maximum absolute atomic E-state index is 12.4. The van der Waals surface area contributed by atoms with Crippen LogP contribution in [0, 0.1) is 0 Å². The summed E-state index contributed by atoms with van der Waals surface area (Å²) >= 11 is 0. The van der Waals surface area contributed by atoms with Crippen LogP contribution in [0.5, 0.6) is 11.5 Å². The average Bonchev–Trinajstić information content (AvgIpc) is 2.85. The van der Waals surface area contributed by atoms with E-state index in [2.05, 4.69) is 5.32 Å². The van der Waals surface area contributed by atoms with Crippen molar-refractivity contribution in [3.05, 3.63) is 71.8 Å². The Morgan fingerprint density at radius 2 is 1.70 bits per heavy atom. The molecule has 3 aromatic rings. The van der Waals surface area contributed by atoms with E-state index in [4.69, 9.17) is 14.2 Å². The first-order valence-corrected chi connectivity index (χ1v) is 10.9. The Bertz CT molecular complexity index is 1180. The van der Waals surface area contributed by atoms with Gasteiger partial charge in [0.15, 0.2) is 23.9 Å². The van der Waals surface area contributed by atoms with Crippen molar-refractivity contribution >= 4 is 28.4 Å². The van der Waals surface area contributed by atoms with Gasteiger partial charge in [-0.1, -0.05) is 42.5 Å². The van der Waals surface area contributed by atoms with Crippen LogP contribution in [0.25, 0.3) is 10.8 Å². The Labute approximate surface area is 191 Å². The number of ketones is 1. The van der Waals surface area contributed by atoms with Gasteiger partial charge in [0, 0.05) is 12.0 Å². The smallest absolute Gasteiger partial charge is 0.306 e. The van der Waals surface area contributed by atoms with Crippen molar-refractivity contribution in [2.75, 3.05) is 19.8 Å². The molecule has 1 atom stereocenters. The molecule has 33 heavy (non-hydrogen) atoms. The number of hydrogen-bond acceptors (Lipinski definition) is 6. The number of carbonyl (C=O) groups excluding carboxylic acids is 3. The molecular formula is C26H25NO6. The van der Waals surface area contributed by atoms with Crippen LogP contribution >= 0.6 is 0 Å². The highest BCUT2D eigenvalue weighted by atomic mass is 16.6. The zero-order valence-corrected chi connectivity index (χ0v) is 18.3. The number of ether oxygens (including phenoxy) is 3. The number of esters is 1. The van der Waals surface area contributed by atoms with E-state index >= 15 is 0 Å². The topological polar surface area (TPSA) is 90.9 Å². The minimum absolute atomic E-state index is 0.0213. The molecular weight excluding hydrogens is 422 g/mol. The van der Waals surface area contributed by atoms with Gasteiger partial charge in [0.05, 0.1) is 12.5 Å². The van der Waals surface area contributed by atoms with E-state index in [9.17, 15) is 14.4 Å². The Morgan fingerprint density at radius 1 is 0.939 bits per heavy atom. The quantitative estimate of drug-likeness (QED) is 0.415. The predicted molar refractivity (Wildman–Crippen MR) is 122 cm³/mol. The van der Waals surface area contributed by atoms with Crippen molar-refractivity contribution < 1.29 is 28.6 Å². The van der Waals surface area contributed by atoms with Crippen LogP contribution in [-0.4, -0.2) is 37.5 Å². The van der Waals surface area contributed by atoms with Crippen molar-refractivity contribution in [3.8, 4) is 11.5 Å². The predicted octanol–water partition coefficient (Wildman–Crippen LogP) is 3.99. The summed E-state index contributed by atoms with van der Waals surface area (Å²) in [5.41, 5.74) is 1.42. The van der Waals surface area contributed by atoms with Crippen molar-refractivity contribution in [3.63, 3.8) is 0 Å². The summed E-state index contributed by atoms with van der Waals surface area (Å²) in [5.74, 6) is -0.0960. The summed E-state index contributed by atoms with van der Waals surface area (Å²) in [6.45, 7) is 2.39. The van der Waals surface area contributed by atoms with Crippen LogP contribution < -0.4 is 14.8 Å². The number of fused-ring (bicyclic) bond motifs is 2. The van der Waals surface area contributed by atoms with Gasteiger partial charge in [-0.05, 0) is 41.5 Å². The van der Waals surface area contributed by atoms with E-state index in [1.54, 1.807) is 18.2 Å². The standard InChI is InChI=1S/C26H25NO6/c1-17(20-8-4-6-18-5-2-3-7-21(18)20)27-25(29)16-33-26(30)12-10-22(28)19-9-11-23-24(15-19)32-14-13-31-23/h2-9,11,15,17H,10,12-14,16H2,1H3,(H,27,29). The molecule has 0 saturated heterocycles. The maximum atomic E-state index is 12.4. The third-order valence-corrected chi connectivity index (χ3v) is 5.45. The van der Waals surface area contributed by atoms with Crippen LogP contribution in [0.4, 0.5) is 0 Å². The van der Waals surface area contributed by atoms with Gasteiger partial charge in [-0.25, -0.2) is 0 Å². The first kappa shape index (κ1) is 22.3. The van der Waals surface area contributed by atoms with Gasteiger partial charge in [-0.15, -0.1) is 0 Å². The molecule has 1 aliphatic heterocycles. The highest BCUT2D eigenvalue weighted by Gasteiger charge is 2.17. The zero-order valence-electron chi connectivity index (χ0n) is 18.3. The molecule has 170 valence electrons. The number of nitrogens with one attached hydrogen (secondary N) is 1. The molecule has 0 aliphatic carbocycles. The number of carbonyl (C=O) groups is 3. The molecule has 1 N–H and O–H groups in total. The lowest BCUT2D eigenvalue weighted by Gasteiger charge is -2.18. The fraction of sp³-hybridized carbons (Fsp3) is 0.269. The Hall–Kier alpha value is -3.87. The van der Waals surface area contributed by atoms with E-state index in [0.717, 1.165) is 16.3 Å². The third-order valence-electron chi connectivity index (χ3n) is 5.45. The second kappa shape index (κ2) is 10.2. The summed E-state index contributed by atoms with van der Waals surface area (Å²) in [7, 11) is 0. The molecule has 7 nitrogen and oxygen atoms in total. The van der Waals surface area contributed by atoms with Gasteiger partial charge in [-0.3, -0.25) is 14.4 Å². The SMILES string of the molecule is CC(NC(=O)COC(=O)CCC(=O)c1ccc2c(c1)OCCO2)c1cccc2ccccc12. The molecule has 1 amide bonds. The minimum Gasteiger partial charge on any atom is -0.486 e. The second-order valence-electron chi connectivity index (χ2n) is 7.80. The fourth-order valence-electron chi connectivity index (χ4n) is 3.78. The van der Waals surface area contributed by atoms with E-state index in [1.807, 2.05) is 49.4 Å². The second-order valence-corrected chi connectivity index (χ2v) is 7.80.